The third-order valence-corrected chi connectivity index (χ3v) is 4.18. The van der Waals surface area contributed by atoms with E-state index < -0.39 is 17.7 Å². The van der Waals surface area contributed by atoms with Crippen molar-refractivity contribution >= 4 is 18.1 Å². The highest BCUT2D eigenvalue weighted by Gasteiger charge is 2.50. The number of epoxide rings is 1. The molecule has 24 heavy (non-hydrogen) atoms. The van der Waals surface area contributed by atoms with Crippen LogP contribution in [0.2, 0.25) is 0 Å². The van der Waals surface area contributed by atoms with Gasteiger partial charge in [-0.3, -0.25) is 14.4 Å². The van der Waals surface area contributed by atoms with Crippen molar-refractivity contribution in [3.8, 4) is 0 Å². The lowest BCUT2D eigenvalue weighted by molar-refractivity contribution is -0.131. The molecule has 1 heterocycles. The first-order valence-corrected chi connectivity index (χ1v) is 8.22. The molecule has 0 aromatic heterocycles. The summed E-state index contributed by atoms with van der Waals surface area (Å²) in [7, 11) is 0. The number of hydrogen-bond acceptors (Lipinski definition) is 4. The largest absolute Gasteiger partial charge is 0.361 e. The lowest BCUT2D eigenvalue weighted by Gasteiger charge is -2.23. The van der Waals surface area contributed by atoms with Crippen molar-refractivity contribution in [2.45, 2.75) is 50.8 Å². The zero-order valence-corrected chi connectivity index (χ0v) is 14.1. The molecule has 1 fully saturated rings. The number of carbonyl (C=O) groups is 3. The summed E-state index contributed by atoms with van der Waals surface area (Å²) >= 11 is 0. The van der Waals surface area contributed by atoms with Crippen LogP contribution in [0.25, 0.3) is 0 Å². The summed E-state index contributed by atoms with van der Waals surface area (Å²) in [4.78, 5) is 35.8. The molecule has 3 atom stereocenters. The number of ether oxygens (including phenoxy) is 1. The second-order valence-electron chi connectivity index (χ2n) is 6.26. The minimum atomic E-state index is -0.814. The van der Waals surface area contributed by atoms with E-state index in [1.807, 2.05) is 37.3 Å². The van der Waals surface area contributed by atoms with E-state index in [0.29, 0.717) is 25.9 Å². The summed E-state index contributed by atoms with van der Waals surface area (Å²) in [5.74, 6) is -0.483. The van der Waals surface area contributed by atoms with E-state index in [1.54, 1.807) is 6.92 Å². The van der Waals surface area contributed by atoms with Crippen LogP contribution in [0.3, 0.4) is 0 Å². The fourth-order valence-corrected chi connectivity index (χ4v) is 2.61. The minimum Gasteiger partial charge on any atom is -0.361 e. The molecular weight excluding hydrogens is 308 g/mol. The molecule has 2 N–H and O–H groups in total. The van der Waals surface area contributed by atoms with E-state index in [1.165, 1.54) is 0 Å². The SMILES string of the molecule is CCCC(NC=O)C(=O)NC(Cc1ccccc1)C(=O)C1(C)CO1. The highest BCUT2D eigenvalue weighted by Crippen LogP contribution is 2.29. The highest BCUT2D eigenvalue weighted by molar-refractivity contribution is 5.97. The van der Waals surface area contributed by atoms with Crippen molar-refractivity contribution < 1.29 is 19.1 Å². The zero-order valence-electron chi connectivity index (χ0n) is 14.1. The van der Waals surface area contributed by atoms with Crippen LogP contribution < -0.4 is 10.6 Å². The maximum absolute atomic E-state index is 12.7. The van der Waals surface area contributed by atoms with Crippen LogP contribution in [0.4, 0.5) is 0 Å². The molecule has 1 aromatic rings. The summed E-state index contributed by atoms with van der Waals surface area (Å²) in [6, 6.07) is 8.19. The van der Waals surface area contributed by atoms with Crippen LogP contribution in [-0.2, 0) is 25.5 Å². The second-order valence-corrected chi connectivity index (χ2v) is 6.26. The predicted molar refractivity (Wildman–Crippen MR) is 89.3 cm³/mol. The van der Waals surface area contributed by atoms with Crippen molar-refractivity contribution in [2.75, 3.05) is 6.61 Å². The van der Waals surface area contributed by atoms with E-state index in [-0.39, 0.29) is 11.7 Å². The molecular formula is C18H24N2O4. The van der Waals surface area contributed by atoms with Crippen LogP contribution in [-0.4, -0.2) is 42.4 Å². The number of benzene rings is 1. The van der Waals surface area contributed by atoms with E-state index in [9.17, 15) is 14.4 Å². The monoisotopic (exact) mass is 332 g/mol. The van der Waals surface area contributed by atoms with Crippen molar-refractivity contribution in [3.05, 3.63) is 35.9 Å². The Morgan fingerprint density at radius 3 is 2.50 bits per heavy atom. The minimum absolute atomic E-state index is 0.138. The molecule has 0 spiro atoms. The lowest BCUT2D eigenvalue weighted by Crippen LogP contribution is -2.53. The van der Waals surface area contributed by atoms with Gasteiger partial charge in [0.05, 0.1) is 12.6 Å². The van der Waals surface area contributed by atoms with Gasteiger partial charge in [0.25, 0.3) is 0 Å². The van der Waals surface area contributed by atoms with Gasteiger partial charge >= 0.3 is 0 Å². The number of amides is 2. The quantitative estimate of drug-likeness (QED) is 0.494. The van der Waals surface area contributed by atoms with Gasteiger partial charge < -0.3 is 15.4 Å². The van der Waals surface area contributed by atoms with Crippen LogP contribution in [0.5, 0.6) is 0 Å². The van der Waals surface area contributed by atoms with Crippen LogP contribution >= 0.6 is 0 Å². The topological polar surface area (TPSA) is 87.8 Å². The normalized spacial score (nSPS) is 21.4. The highest BCUT2D eigenvalue weighted by atomic mass is 16.6. The van der Waals surface area contributed by atoms with Crippen LogP contribution in [0.1, 0.15) is 32.3 Å². The van der Waals surface area contributed by atoms with E-state index in [0.717, 1.165) is 12.0 Å². The zero-order chi connectivity index (χ0) is 17.6. The Kier molecular flexibility index (Phi) is 6.09. The molecule has 1 aliphatic heterocycles. The number of carbonyl (C=O) groups excluding carboxylic acids is 3. The van der Waals surface area contributed by atoms with Crippen LogP contribution in [0, 0.1) is 0 Å². The van der Waals surface area contributed by atoms with Crippen molar-refractivity contribution in [2.24, 2.45) is 0 Å². The number of nitrogens with one attached hydrogen (secondary N) is 2. The molecule has 0 bridgehead atoms. The first-order valence-electron chi connectivity index (χ1n) is 8.22. The van der Waals surface area contributed by atoms with Gasteiger partial charge in [-0.2, -0.15) is 0 Å². The second kappa shape index (κ2) is 8.06. The third-order valence-electron chi connectivity index (χ3n) is 4.18. The fraction of sp³-hybridized carbons (Fsp3) is 0.500. The van der Waals surface area contributed by atoms with Gasteiger partial charge in [0.1, 0.15) is 11.6 Å². The predicted octanol–water partition coefficient (Wildman–Crippen LogP) is 0.987. The average molecular weight is 332 g/mol. The van der Waals surface area contributed by atoms with Gasteiger partial charge in [-0.05, 0) is 25.3 Å². The Hall–Kier alpha value is -2.21. The summed E-state index contributed by atoms with van der Waals surface area (Å²) in [5.41, 5.74) is 0.140. The fourth-order valence-electron chi connectivity index (χ4n) is 2.61. The third kappa shape index (κ3) is 4.64. The molecule has 0 aliphatic carbocycles. The number of hydrogen-bond donors (Lipinski definition) is 2. The van der Waals surface area contributed by atoms with Crippen molar-refractivity contribution in [1.82, 2.24) is 10.6 Å². The van der Waals surface area contributed by atoms with Crippen LogP contribution in [0.15, 0.2) is 30.3 Å². The summed E-state index contributed by atoms with van der Waals surface area (Å²) < 4.78 is 5.24. The molecule has 2 amide bonds. The van der Waals surface area contributed by atoms with Crippen molar-refractivity contribution in [3.63, 3.8) is 0 Å². The molecule has 6 heteroatoms. The number of ketones is 1. The maximum atomic E-state index is 12.7. The summed E-state index contributed by atoms with van der Waals surface area (Å²) in [6.45, 7) is 4.03. The van der Waals surface area contributed by atoms with Crippen molar-refractivity contribution in [1.29, 1.82) is 0 Å². The first kappa shape index (κ1) is 18.1. The van der Waals surface area contributed by atoms with E-state index in [4.69, 9.17) is 4.74 Å². The Labute approximate surface area is 142 Å². The summed E-state index contributed by atoms with van der Waals surface area (Å²) in [6.07, 6.45) is 2.17. The summed E-state index contributed by atoms with van der Waals surface area (Å²) in [5, 5.41) is 5.30. The van der Waals surface area contributed by atoms with Gasteiger partial charge in [-0.25, -0.2) is 0 Å². The molecule has 1 saturated heterocycles. The molecule has 1 aromatic carbocycles. The number of Topliss-reactive ketones (excluding diaryl/α,β-unsaturated/α-hetero) is 1. The Balaban J connectivity index is 2.11. The van der Waals surface area contributed by atoms with Gasteiger partial charge in [0.2, 0.25) is 12.3 Å². The molecule has 0 saturated carbocycles. The maximum Gasteiger partial charge on any atom is 0.243 e. The molecule has 2 rings (SSSR count). The van der Waals surface area contributed by atoms with Gasteiger partial charge in [-0.1, -0.05) is 43.7 Å². The average Bonchev–Trinajstić information content (AvgIpc) is 3.33. The first-order chi connectivity index (χ1) is 11.5. The van der Waals surface area contributed by atoms with E-state index >= 15 is 0 Å². The Morgan fingerprint density at radius 2 is 1.96 bits per heavy atom. The molecule has 3 unspecified atom stereocenters. The lowest BCUT2D eigenvalue weighted by atomic mass is 9.94. The van der Waals surface area contributed by atoms with Gasteiger partial charge in [0.15, 0.2) is 5.78 Å². The molecule has 6 nitrogen and oxygen atoms in total. The Morgan fingerprint density at radius 1 is 1.29 bits per heavy atom. The number of rotatable bonds is 10. The molecule has 1 aliphatic rings. The van der Waals surface area contributed by atoms with Gasteiger partial charge in [0, 0.05) is 0 Å². The van der Waals surface area contributed by atoms with Gasteiger partial charge in [-0.15, -0.1) is 0 Å². The standard InChI is InChI=1S/C18H24N2O4/c1-3-7-14(19-12-21)17(23)20-15(16(22)18(2)11-24-18)10-13-8-5-4-6-9-13/h4-6,8-9,12,14-15H,3,7,10-11H2,1-2H3,(H,19,21)(H,20,23). The Bertz CT molecular complexity index is 584. The molecule has 130 valence electrons. The van der Waals surface area contributed by atoms with E-state index in [2.05, 4.69) is 10.6 Å². The molecule has 0 radical (unpaired) electrons. The smallest absolute Gasteiger partial charge is 0.243 e.